The van der Waals surface area contributed by atoms with Crippen molar-refractivity contribution >= 4 is 11.3 Å². The normalized spacial score (nSPS) is 11.7. The lowest BCUT2D eigenvalue weighted by molar-refractivity contribution is 0.340. The van der Waals surface area contributed by atoms with Gasteiger partial charge in [-0.25, -0.2) is 4.98 Å². The molecule has 0 amide bonds. The molecule has 0 saturated heterocycles. The molecule has 1 heterocycles. The Morgan fingerprint density at radius 1 is 1.19 bits per heavy atom. The Kier molecular flexibility index (Phi) is 5.01. The summed E-state index contributed by atoms with van der Waals surface area (Å²) in [5, 5.41) is 4.31. The topological polar surface area (TPSA) is 34.1 Å². The summed E-state index contributed by atoms with van der Waals surface area (Å²) in [5.41, 5.74) is 2.40. The van der Waals surface area contributed by atoms with Crippen molar-refractivity contribution < 1.29 is 4.74 Å². The summed E-state index contributed by atoms with van der Waals surface area (Å²) in [6.45, 7) is 10.2. The van der Waals surface area contributed by atoms with Gasteiger partial charge in [-0.2, -0.15) is 0 Å². The summed E-state index contributed by atoms with van der Waals surface area (Å²) in [6.07, 6.45) is 0. The zero-order chi connectivity index (χ0) is 15.5. The molecule has 0 aliphatic heterocycles. The molecule has 0 aliphatic rings. The van der Waals surface area contributed by atoms with E-state index in [0.717, 1.165) is 22.9 Å². The minimum atomic E-state index is 0.0617. The molecule has 21 heavy (non-hydrogen) atoms. The van der Waals surface area contributed by atoms with E-state index in [9.17, 15) is 0 Å². The fourth-order valence-electron chi connectivity index (χ4n) is 2.20. The van der Waals surface area contributed by atoms with E-state index in [-0.39, 0.29) is 5.41 Å². The number of thiazole rings is 1. The zero-order valence-corrected chi connectivity index (χ0v) is 14.3. The Morgan fingerprint density at radius 3 is 2.38 bits per heavy atom. The van der Waals surface area contributed by atoms with Crippen LogP contribution in [0.4, 0.5) is 0 Å². The molecule has 0 unspecified atom stereocenters. The number of aromatic nitrogens is 1. The lowest BCUT2D eigenvalue weighted by Gasteiger charge is -2.17. The molecule has 0 atom stereocenters. The van der Waals surface area contributed by atoms with Gasteiger partial charge < -0.3 is 10.1 Å². The van der Waals surface area contributed by atoms with Gasteiger partial charge in [-0.1, -0.05) is 20.8 Å². The Labute approximate surface area is 131 Å². The second-order valence-electron chi connectivity index (χ2n) is 6.03. The van der Waals surface area contributed by atoms with Crippen LogP contribution < -0.4 is 10.1 Å². The van der Waals surface area contributed by atoms with E-state index in [1.165, 1.54) is 10.6 Å². The van der Waals surface area contributed by atoms with Crippen molar-refractivity contribution in [3.05, 3.63) is 34.8 Å². The third kappa shape index (κ3) is 3.83. The molecule has 0 spiro atoms. The van der Waals surface area contributed by atoms with Gasteiger partial charge in [0.25, 0.3) is 0 Å². The van der Waals surface area contributed by atoms with Crippen LogP contribution in [-0.4, -0.2) is 18.6 Å². The maximum Gasteiger partial charge on any atom is 0.123 e. The molecule has 0 fully saturated rings. The predicted molar refractivity (Wildman–Crippen MR) is 90.2 cm³/mol. The van der Waals surface area contributed by atoms with E-state index >= 15 is 0 Å². The molecule has 0 radical (unpaired) electrons. The second-order valence-corrected chi connectivity index (χ2v) is 7.11. The van der Waals surface area contributed by atoms with E-state index in [4.69, 9.17) is 9.72 Å². The highest BCUT2D eigenvalue weighted by molar-refractivity contribution is 7.15. The van der Waals surface area contributed by atoms with Gasteiger partial charge >= 0.3 is 0 Å². The molecule has 2 rings (SSSR count). The molecule has 3 nitrogen and oxygen atoms in total. The van der Waals surface area contributed by atoms with Gasteiger partial charge in [0.2, 0.25) is 0 Å². The first-order valence-electron chi connectivity index (χ1n) is 7.33. The highest BCUT2D eigenvalue weighted by Gasteiger charge is 2.23. The molecule has 2 aromatic rings. The van der Waals surface area contributed by atoms with Gasteiger partial charge in [-0.05, 0) is 38.2 Å². The van der Waals surface area contributed by atoms with Crippen LogP contribution in [0.5, 0.6) is 5.75 Å². The summed E-state index contributed by atoms with van der Waals surface area (Å²) in [5.74, 6) is 0.907. The number of benzene rings is 1. The summed E-state index contributed by atoms with van der Waals surface area (Å²) in [4.78, 5) is 6.20. The molecule has 0 aliphatic carbocycles. The fourth-order valence-corrected chi connectivity index (χ4v) is 3.49. The third-order valence-electron chi connectivity index (χ3n) is 3.16. The molecular formula is C17H24N2OS. The summed E-state index contributed by atoms with van der Waals surface area (Å²) in [7, 11) is 1.97. The number of hydrogen-bond donors (Lipinski definition) is 1. The summed E-state index contributed by atoms with van der Waals surface area (Å²) in [6, 6.07) is 8.18. The Hall–Kier alpha value is -1.39. The SMILES string of the molecule is CCOc1ccc(-c2nc(C(C)(C)C)c(CNC)s2)cc1. The predicted octanol–water partition coefficient (Wildman–Crippen LogP) is 4.23. The molecular weight excluding hydrogens is 280 g/mol. The number of hydrogen-bond acceptors (Lipinski definition) is 4. The first-order chi connectivity index (χ1) is 9.95. The largest absolute Gasteiger partial charge is 0.494 e. The maximum absolute atomic E-state index is 5.49. The van der Waals surface area contributed by atoms with Gasteiger partial charge in [0.05, 0.1) is 12.3 Å². The first kappa shape index (κ1) is 16.0. The van der Waals surface area contributed by atoms with Crippen molar-refractivity contribution in [1.82, 2.24) is 10.3 Å². The van der Waals surface area contributed by atoms with E-state index < -0.39 is 0 Å². The standard InChI is InChI=1S/C17H24N2OS/c1-6-20-13-9-7-12(8-10-13)16-19-15(17(2,3)4)14(21-16)11-18-5/h7-10,18H,6,11H2,1-5H3. The van der Waals surface area contributed by atoms with Crippen LogP contribution in [0.25, 0.3) is 10.6 Å². The number of rotatable bonds is 5. The van der Waals surface area contributed by atoms with Gasteiger partial charge in [0, 0.05) is 22.4 Å². The minimum Gasteiger partial charge on any atom is -0.494 e. The van der Waals surface area contributed by atoms with E-state index in [1.807, 2.05) is 26.1 Å². The molecule has 1 aromatic carbocycles. The quantitative estimate of drug-likeness (QED) is 0.898. The second kappa shape index (κ2) is 6.58. The Balaban J connectivity index is 2.35. The monoisotopic (exact) mass is 304 g/mol. The van der Waals surface area contributed by atoms with Gasteiger partial charge in [0.15, 0.2) is 0 Å². The number of nitrogens with zero attached hydrogens (tertiary/aromatic N) is 1. The highest BCUT2D eigenvalue weighted by Crippen LogP contribution is 2.34. The van der Waals surface area contributed by atoms with E-state index in [0.29, 0.717) is 6.61 Å². The smallest absolute Gasteiger partial charge is 0.123 e. The van der Waals surface area contributed by atoms with Crippen molar-refractivity contribution in [1.29, 1.82) is 0 Å². The van der Waals surface area contributed by atoms with E-state index in [1.54, 1.807) is 11.3 Å². The molecule has 1 N–H and O–H groups in total. The van der Waals surface area contributed by atoms with Crippen LogP contribution in [0.2, 0.25) is 0 Å². The Morgan fingerprint density at radius 2 is 1.86 bits per heavy atom. The molecule has 114 valence electrons. The Bertz CT molecular complexity index is 582. The van der Waals surface area contributed by atoms with Crippen molar-refractivity contribution in [2.75, 3.05) is 13.7 Å². The van der Waals surface area contributed by atoms with Gasteiger partial charge in [-0.3, -0.25) is 0 Å². The number of nitrogens with one attached hydrogen (secondary N) is 1. The van der Waals surface area contributed by atoms with Crippen LogP contribution in [0.1, 0.15) is 38.3 Å². The average Bonchev–Trinajstić information content (AvgIpc) is 2.84. The van der Waals surface area contributed by atoms with Crippen molar-refractivity contribution in [3.63, 3.8) is 0 Å². The lowest BCUT2D eigenvalue weighted by atomic mass is 9.91. The van der Waals surface area contributed by atoms with Gasteiger partial charge in [0.1, 0.15) is 10.8 Å². The molecule has 0 saturated carbocycles. The summed E-state index contributed by atoms with van der Waals surface area (Å²) < 4.78 is 5.49. The van der Waals surface area contributed by atoms with Crippen LogP contribution in [0, 0.1) is 0 Å². The maximum atomic E-state index is 5.49. The van der Waals surface area contributed by atoms with Crippen LogP contribution >= 0.6 is 11.3 Å². The fraction of sp³-hybridized carbons (Fsp3) is 0.471. The highest BCUT2D eigenvalue weighted by atomic mass is 32.1. The number of ether oxygens (including phenoxy) is 1. The van der Waals surface area contributed by atoms with Crippen molar-refractivity contribution in [2.24, 2.45) is 0 Å². The van der Waals surface area contributed by atoms with E-state index in [2.05, 4.69) is 38.2 Å². The average molecular weight is 304 g/mol. The summed E-state index contributed by atoms with van der Waals surface area (Å²) >= 11 is 1.77. The van der Waals surface area contributed by atoms with Crippen LogP contribution in [-0.2, 0) is 12.0 Å². The van der Waals surface area contributed by atoms with Crippen LogP contribution in [0.3, 0.4) is 0 Å². The third-order valence-corrected chi connectivity index (χ3v) is 4.26. The molecule has 1 aromatic heterocycles. The lowest BCUT2D eigenvalue weighted by Crippen LogP contribution is -2.16. The first-order valence-corrected chi connectivity index (χ1v) is 8.15. The van der Waals surface area contributed by atoms with Crippen LogP contribution in [0.15, 0.2) is 24.3 Å². The van der Waals surface area contributed by atoms with Gasteiger partial charge in [-0.15, -0.1) is 11.3 Å². The molecule has 0 bridgehead atoms. The zero-order valence-electron chi connectivity index (χ0n) is 13.5. The van der Waals surface area contributed by atoms with Crippen molar-refractivity contribution in [3.8, 4) is 16.3 Å². The minimum absolute atomic E-state index is 0.0617. The van der Waals surface area contributed by atoms with Crippen molar-refractivity contribution in [2.45, 2.75) is 39.7 Å². The molecule has 4 heteroatoms.